The Bertz CT molecular complexity index is 244. The van der Waals surface area contributed by atoms with Crippen LogP contribution in [0.15, 0.2) is 12.2 Å². The van der Waals surface area contributed by atoms with E-state index in [1.165, 1.54) is 0 Å². The predicted molar refractivity (Wildman–Crippen MR) is 38.7 cm³/mol. The largest absolute Gasteiger partial charge is 0.285 e. The van der Waals surface area contributed by atoms with Gasteiger partial charge < -0.3 is 0 Å². The number of hydrogen-bond acceptors (Lipinski definition) is 2. The number of halogens is 1. The van der Waals surface area contributed by atoms with Crippen LogP contribution in [0, 0.1) is 0 Å². The van der Waals surface area contributed by atoms with Crippen LogP contribution in [0.3, 0.4) is 0 Å². The molecule has 0 amide bonds. The first-order chi connectivity index (χ1) is 4.52. The van der Waals surface area contributed by atoms with E-state index in [-0.39, 0.29) is 0 Å². The standard InChI is InChI=1S/C5H7ClO3S/c6-4-2-1-3-5(4)10(7,8)9/h1-2,4-5H,3H2,(H,7,8,9). The molecule has 0 fully saturated rings. The molecule has 0 aromatic heterocycles. The first-order valence-electron chi connectivity index (χ1n) is 2.79. The Balaban J connectivity index is 2.79. The molecule has 0 aromatic carbocycles. The third-order valence-corrected chi connectivity index (χ3v) is 3.28. The van der Waals surface area contributed by atoms with Crippen LogP contribution in [-0.4, -0.2) is 23.6 Å². The maximum atomic E-state index is 10.5. The Morgan fingerprint density at radius 1 is 1.60 bits per heavy atom. The molecule has 3 nitrogen and oxygen atoms in total. The van der Waals surface area contributed by atoms with Crippen molar-refractivity contribution in [2.75, 3.05) is 0 Å². The maximum absolute atomic E-state index is 10.5. The summed E-state index contributed by atoms with van der Waals surface area (Å²) < 4.78 is 29.5. The average Bonchev–Trinajstić information content (AvgIpc) is 2.11. The van der Waals surface area contributed by atoms with Crippen LogP contribution in [-0.2, 0) is 10.1 Å². The molecule has 0 heterocycles. The van der Waals surface area contributed by atoms with E-state index in [1.54, 1.807) is 12.2 Å². The van der Waals surface area contributed by atoms with Crippen molar-refractivity contribution in [3.8, 4) is 0 Å². The molecule has 5 heteroatoms. The molecule has 0 aliphatic heterocycles. The van der Waals surface area contributed by atoms with Gasteiger partial charge in [-0.2, -0.15) is 8.42 Å². The molecule has 1 N–H and O–H groups in total. The van der Waals surface area contributed by atoms with Crippen LogP contribution in [0.2, 0.25) is 0 Å². The van der Waals surface area contributed by atoms with Gasteiger partial charge in [-0.3, -0.25) is 4.55 Å². The van der Waals surface area contributed by atoms with Crippen molar-refractivity contribution in [3.05, 3.63) is 12.2 Å². The molecule has 2 atom stereocenters. The number of hydrogen-bond donors (Lipinski definition) is 1. The van der Waals surface area contributed by atoms with Gasteiger partial charge in [-0.1, -0.05) is 12.2 Å². The van der Waals surface area contributed by atoms with E-state index in [0.29, 0.717) is 6.42 Å². The molecule has 1 rings (SSSR count). The summed E-state index contributed by atoms with van der Waals surface area (Å²) in [5.41, 5.74) is 0. The van der Waals surface area contributed by atoms with E-state index in [9.17, 15) is 8.42 Å². The zero-order valence-corrected chi connectivity index (χ0v) is 6.64. The highest BCUT2D eigenvalue weighted by atomic mass is 35.5. The summed E-state index contributed by atoms with van der Waals surface area (Å²) in [6.45, 7) is 0. The van der Waals surface area contributed by atoms with Crippen molar-refractivity contribution in [1.82, 2.24) is 0 Å². The van der Waals surface area contributed by atoms with Gasteiger partial charge in [-0.15, -0.1) is 11.6 Å². The molecule has 0 radical (unpaired) electrons. The summed E-state index contributed by atoms with van der Waals surface area (Å²) in [6.07, 6.45) is 3.53. The van der Waals surface area contributed by atoms with Crippen LogP contribution in [0.1, 0.15) is 6.42 Å². The van der Waals surface area contributed by atoms with Gasteiger partial charge >= 0.3 is 0 Å². The van der Waals surface area contributed by atoms with Gasteiger partial charge in [0.25, 0.3) is 10.1 Å². The second kappa shape index (κ2) is 2.53. The van der Waals surface area contributed by atoms with Gasteiger partial charge in [-0.25, -0.2) is 0 Å². The Labute approximate surface area is 64.4 Å². The first-order valence-corrected chi connectivity index (χ1v) is 4.73. The fraction of sp³-hybridized carbons (Fsp3) is 0.600. The van der Waals surface area contributed by atoms with Crippen molar-refractivity contribution in [2.24, 2.45) is 0 Å². The van der Waals surface area contributed by atoms with Gasteiger partial charge in [0.05, 0.1) is 5.38 Å². The fourth-order valence-electron chi connectivity index (χ4n) is 0.883. The molecular formula is C5H7ClO3S. The molecule has 58 valence electrons. The van der Waals surface area contributed by atoms with Gasteiger partial charge in [-0.05, 0) is 6.42 Å². The smallest absolute Gasteiger partial charge is 0.269 e. The minimum Gasteiger partial charge on any atom is -0.285 e. The van der Waals surface area contributed by atoms with Crippen LogP contribution in [0.5, 0.6) is 0 Å². The SMILES string of the molecule is O=S(=O)(O)C1CC=CC1Cl. The average molecular weight is 183 g/mol. The van der Waals surface area contributed by atoms with E-state index in [0.717, 1.165) is 0 Å². The lowest BCUT2D eigenvalue weighted by Crippen LogP contribution is -2.25. The van der Waals surface area contributed by atoms with Gasteiger partial charge in [0.15, 0.2) is 0 Å². The lowest BCUT2D eigenvalue weighted by Gasteiger charge is -2.08. The van der Waals surface area contributed by atoms with Gasteiger partial charge in [0.2, 0.25) is 0 Å². The van der Waals surface area contributed by atoms with Crippen molar-refractivity contribution >= 4 is 21.7 Å². The minimum absolute atomic E-state index is 0.313. The Hall–Kier alpha value is -0.0600. The first kappa shape index (κ1) is 8.04. The minimum atomic E-state index is -3.95. The molecule has 0 bridgehead atoms. The van der Waals surface area contributed by atoms with Crippen LogP contribution in [0.4, 0.5) is 0 Å². The lowest BCUT2D eigenvalue weighted by molar-refractivity contribution is 0.469. The summed E-state index contributed by atoms with van der Waals surface area (Å²) >= 11 is 5.54. The van der Waals surface area contributed by atoms with Crippen molar-refractivity contribution < 1.29 is 13.0 Å². The van der Waals surface area contributed by atoms with Crippen LogP contribution < -0.4 is 0 Å². The molecule has 1 aliphatic carbocycles. The van der Waals surface area contributed by atoms with E-state index in [1.807, 2.05) is 0 Å². The maximum Gasteiger partial charge on any atom is 0.269 e. The summed E-state index contributed by atoms with van der Waals surface area (Å²) in [6, 6.07) is 0. The molecule has 0 aromatic rings. The number of alkyl halides is 1. The van der Waals surface area contributed by atoms with E-state index >= 15 is 0 Å². The summed E-state index contributed by atoms with van der Waals surface area (Å²) in [5, 5.41) is -1.41. The topological polar surface area (TPSA) is 54.4 Å². The predicted octanol–water partition coefficient (Wildman–Crippen LogP) is 0.810. The molecule has 2 unspecified atom stereocenters. The molecule has 0 saturated heterocycles. The molecule has 10 heavy (non-hydrogen) atoms. The Morgan fingerprint density at radius 2 is 2.20 bits per heavy atom. The Morgan fingerprint density at radius 3 is 2.40 bits per heavy atom. The van der Waals surface area contributed by atoms with Crippen molar-refractivity contribution in [1.29, 1.82) is 0 Å². The highest BCUT2D eigenvalue weighted by molar-refractivity contribution is 7.86. The quantitative estimate of drug-likeness (QED) is 0.371. The second-order valence-corrected chi connectivity index (χ2v) is 4.30. The van der Waals surface area contributed by atoms with E-state index in [2.05, 4.69) is 0 Å². The third-order valence-electron chi connectivity index (χ3n) is 1.43. The summed E-state index contributed by atoms with van der Waals surface area (Å²) in [5.74, 6) is 0. The number of allylic oxidation sites excluding steroid dienone is 2. The van der Waals surface area contributed by atoms with Crippen molar-refractivity contribution in [2.45, 2.75) is 17.0 Å². The van der Waals surface area contributed by atoms with Gasteiger partial charge in [0.1, 0.15) is 5.25 Å². The fourth-order valence-corrected chi connectivity index (χ4v) is 2.25. The normalized spacial score (nSPS) is 33.0. The summed E-state index contributed by atoms with van der Waals surface area (Å²) in [7, 11) is -3.95. The number of rotatable bonds is 1. The lowest BCUT2D eigenvalue weighted by atomic mass is 10.3. The monoisotopic (exact) mass is 182 g/mol. The van der Waals surface area contributed by atoms with E-state index in [4.69, 9.17) is 16.2 Å². The molecule has 0 spiro atoms. The van der Waals surface area contributed by atoms with Crippen LogP contribution in [0.25, 0.3) is 0 Å². The highest BCUT2D eigenvalue weighted by Gasteiger charge is 2.31. The zero-order chi connectivity index (χ0) is 7.78. The van der Waals surface area contributed by atoms with E-state index < -0.39 is 20.7 Å². The summed E-state index contributed by atoms with van der Waals surface area (Å²) in [4.78, 5) is 0. The third kappa shape index (κ3) is 1.51. The molecular weight excluding hydrogens is 176 g/mol. The molecule has 0 saturated carbocycles. The second-order valence-electron chi connectivity index (χ2n) is 2.16. The Kier molecular flexibility index (Phi) is 2.03. The molecule has 1 aliphatic rings. The van der Waals surface area contributed by atoms with Gasteiger partial charge in [0, 0.05) is 0 Å². The van der Waals surface area contributed by atoms with Crippen LogP contribution >= 0.6 is 11.6 Å². The highest BCUT2D eigenvalue weighted by Crippen LogP contribution is 2.22. The van der Waals surface area contributed by atoms with Crippen molar-refractivity contribution in [3.63, 3.8) is 0 Å². The zero-order valence-electron chi connectivity index (χ0n) is 5.07.